The van der Waals surface area contributed by atoms with Crippen LogP contribution in [0, 0.1) is 11.3 Å². The maximum atomic E-state index is 9.22. The summed E-state index contributed by atoms with van der Waals surface area (Å²) in [6.45, 7) is 3.84. The average Bonchev–Trinajstić information content (AvgIpc) is 2.39. The minimum absolute atomic E-state index is 0.498. The van der Waals surface area contributed by atoms with Crippen molar-refractivity contribution in [2.24, 2.45) is 0 Å². The average molecular weight is 278 g/mol. The van der Waals surface area contributed by atoms with E-state index in [1.54, 1.807) is 18.9 Å². The smallest absolute Gasteiger partial charge is 0.100 e. The molecular formula is C14H18N2O2S. The summed E-state index contributed by atoms with van der Waals surface area (Å²) < 4.78 is 10.1. The number of thioether (sulfide) groups is 1. The molecule has 1 fully saturated rings. The van der Waals surface area contributed by atoms with Crippen LogP contribution in [0.4, 0.5) is 0 Å². The van der Waals surface area contributed by atoms with E-state index in [0.717, 1.165) is 42.3 Å². The quantitative estimate of drug-likeness (QED) is 0.771. The van der Waals surface area contributed by atoms with E-state index in [2.05, 4.69) is 17.5 Å². The Balaban J connectivity index is 1.93. The minimum Gasteiger partial charge on any atom is -0.383 e. The molecule has 0 amide bonds. The molecule has 0 atom stereocenters. The molecule has 1 N–H and O–H groups in total. The van der Waals surface area contributed by atoms with Crippen molar-refractivity contribution in [1.82, 2.24) is 5.32 Å². The number of methoxy groups -OCH3 is 1. The molecule has 1 saturated heterocycles. The fourth-order valence-electron chi connectivity index (χ4n) is 1.75. The molecule has 1 heterocycles. The monoisotopic (exact) mass is 278 g/mol. The first-order valence-electron chi connectivity index (χ1n) is 6.30. The van der Waals surface area contributed by atoms with E-state index >= 15 is 0 Å². The molecule has 5 heteroatoms. The predicted octanol–water partition coefficient (Wildman–Crippen LogP) is 1.79. The Bertz CT molecular complexity index is 455. The highest BCUT2D eigenvalue weighted by Crippen LogP contribution is 2.30. The lowest BCUT2D eigenvalue weighted by Crippen LogP contribution is -2.30. The summed E-state index contributed by atoms with van der Waals surface area (Å²) in [5.41, 5.74) is 1.88. The zero-order valence-corrected chi connectivity index (χ0v) is 11.8. The highest BCUT2D eigenvalue weighted by molar-refractivity contribution is 8.00. The van der Waals surface area contributed by atoms with Gasteiger partial charge in [0.15, 0.2) is 0 Å². The van der Waals surface area contributed by atoms with Crippen LogP contribution in [0.15, 0.2) is 23.1 Å². The Morgan fingerprint density at radius 2 is 2.37 bits per heavy atom. The topological polar surface area (TPSA) is 54.3 Å². The zero-order valence-electron chi connectivity index (χ0n) is 11.0. The second-order valence-corrected chi connectivity index (χ2v) is 5.73. The maximum Gasteiger partial charge on any atom is 0.100 e. The molecular weight excluding hydrogens is 260 g/mol. The SMILES string of the molecule is COCCNCc1ccc(SC2COC2)c(C#N)c1. The third kappa shape index (κ3) is 4.22. The van der Waals surface area contributed by atoms with Crippen molar-refractivity contribution in [2.75, 3.05) is 33.5 Å². The normalized spacial score (nSPS) is 14.9. The van der Waals surface area contributed by atoms with Crippen LogP contribution in [0.1, 0.15) is 11.1 Å². The van der Waals surface area contributed by atoms with Gasteiger partial charge in [-0.15, -0.1) is 11.8 Å². The molecule has 0 radical (unpaired) electrons. The van der Waals surface area contributed by atoms with E-state index in [1.165, 1.54) is 0 Å². The molecule has 102 valence electrons. The number of ether oxygens (including phenoxy) is 2. The summed E-state index contributed by atoms with van der Waals surface area (Å²) >= 11 is 1.73. The van der Waals surface area contributed by atoms with Gasteiger partial charge in [0.25, 0.3) is 0 Å². The Morgan fingerprint density at radius 3 is 3.00 bits per heavy atom. The summed E-state index contributed by atoms with van der Waals surface area (Å²) in [5, 5.41) is 13.0. The number of nitrogens with zero attached hydrogens (tertiary/aromatic N) is 1. The van der Waals surface area contributed by atoms with Crippen LogP contribution in [0.5, 0.6) is 0 Å². The third-order valence-electron chi connectivity index (χ3n) is 2.88. The molecule has 1 aliphatic heterocycles. The first-order valence-corrected chi connectivity index (χ1v) is 7.18. The van der Waals surface area contributed by atoms with E-state index < -0.39 is 0 Å². The molecule has 0 spiro atoms. The van der Waals surface area contributed by atoms with Gasteiger partial charge in [-0.3, -0.25) is 0 Å². The fraction of sp³-hybridized carbons (Fsp3) is 0.500. The molecule has 0 aliphatic carbocycles. The van der Waals surface area contributed by atoms with Crippen molar-refractivity contribution in [3.63, 3.8) is 0 Å². The number of hydrogen-bond donors (Lipinski definition) is 1. The maximum absolute atomic E-state index is 9.22. The summed E-state index contributed by atoms with van der Waals surface area (Å²) in [4.78, 5) is 1.05. The predicted molar refractivity (Wildman–Crippen MR) is 75.2 cm³/mol. The number of nitrogens with one attached hydrogen (secondary N) is 1. The number of benzene rings is 1. The van der Waals surface area contributed by atoms with E-state index in [9.17, 15) is 5.26 Å². The number of nitriles is 1. The molecule has 0 saturated carbocycles. The van der Waals surface area contributed by atoms with Gasteiger partial charge in [0.05, 0.1) is 30.6 Å². The Labute approximate surface area is 118 Å². The van der Waals surface area contributed by atoms with Crippen molar-refractivity contribution in [2.45, 2.75) is 16.7 Å². The van der Waals surface area contributed by atoms with Crippen molar-refractivity contribution in [3.8, 4) is 6.07 Å². The van der Waals surface area contributed by atoms with E-state index in [1.807, 2.05) is 12.1 Å². The highest BCUT2D eigenvalue weighted by Gasteiger charge is 2.20. The van der Waals surface area contributed by atoms with Crippen molar-refractivity contribution >= 4 is 11.8 Å². The van der Waals surface area contributed by atoms with Crippen molar-refractivity contribution in [1.29, 1.82) is 5.26 Å². The lowest BCUT2D eigenvalue weighted by molar-refractivity contribution is 0.0455. The highest BCUT2D eigenvalue weighted by atomic mass is 32.2. The number of hydrogen-bond acceptors (Lipinski definition) is 5. The van der Waals surface area contributed by atoms with Crippen LogP contribution >= 0.6 is 11.8 Å². The molecule has 19 heavy (non-hydrogen) atoms. The molecule has 1 aliphatic rings. The number of rotatable bonds is 7. The molecule has 4 nitrogen and oxygen atoms in total. The van der Waals surface area contributed by atoms with Gasteiger partial charge in [0.1, 0.15) is 6.07 Å². The first-order chi connectivity index (χ1) is 9.33. The van der Waals surface area contributed by atoms with Gasteiger partial charge >= 0.3 is 0 Å². The molecule has 1 aromatic carbocycles. The summed E-state index contributed by atoms with van der Waals surface area (Å²) in [5.74, 6) is 0. The lowest BCUT2D eigenvalue weighted by Gasteiger charge is -2.25. The van der Waals surface area contributed by atoms with Gasteiger partial charge in [0, 0.05) is 25.1 Å². The molecule has 0 unspecified atom stereocenters. The summed E-state index contributed by atoms with van der Waals surface area (Å²) in [7, 11) is 1.69. The van der Waals surface area contributed by atoms with Gasteiger partial charge in [-0.25, -0.2) is 0 Å². The minimum atomic E-state index is 0.498. The molecule has 2 rings (SSSR count). The Morgan fingerprint density at radius 1 is 1.53 bits per heavy atom. The van der Waals surface area contributed by atoms with Crippen LogP contribution < -0.4 is 5.32 Å². The van der Waals surface area contributed by atoms with Crippen LogP contribution in [0.2, 0.25) is 0 Å². The Kier molecular flexibility index (Phi) is 5.67. The van der Waals surface area contributed by atoms with Gasteiger partial charge < -0.3 is 14.8 Å². The summed E-state index contributed by atoms with van der Waals surface area (Å²) in [6, 6.07) is 8.35. The molecule has 0 bridgehead atoms. The van der Waals surface area contributed by atoms with E-state index in [-0.39, 0.29) is 0 Å². The van der Waals surface area contributed by atoms with Gasteiger partial charge in [-0.1, -0.05) is 6.07 Å². The van der Waals surface area contributed by atoms with Gasteiger partial charge in [0.2, 0.25) is 0 Å². The van der Waals surface area contributed by atoms with Crippen LogP contribution in [0.3, 0.4) is 0 Å². The van der Waals surface area contributed by atoms with Crippen LogP contribution in [-0.2, 0) is 16.0 Å². The van der Waals surface area contributed by atoms with Gasteiger partial charge in [-0.05, 0) is 17.7 Å². The van der Waals surface area contributed by atoms with Crippen molar-refractivity contribution in [3.05, 3.63) is 29.3 Å². The van der Waals surface area contributed by atoms with Crippen LogP contribution in [-0.4, -0.2) is 38.7 Å². The van der Waals surface area contributed by atoms with E-state index in [4.69, 9.17) is 9.47 Å². The second-order valence-electron chi connectivity index (χ2n) is 4.39. The second kappa shape index (κ2) is 7.51. The lowest BCUT2D eigenvalue weighted by atomic mass is 10.1. The van der Waals surface area contributed by atoms with Crippen LogP contribution in [0.25, 0.3) is 0 Å². The standard InChI is InChI=1S/C14H18N2O2S/c1-17-5-4-16-8-11-2-3-14(12(6-11)7-15)19-13-9-18-10-13/h2-3,6,13,16H,4-5,8-10H2,1H3. The summed E-state index contributed by atoms with van der Waals surface area (Å²) in [6.07, 6.45) is 0. The fourth-order valence-corrected chi connectivity index (χ4v) is 2.81. The Hall–Kier alpha value is -1.06. The first kappa shape index (κ1) is 14.4. The third-order valence-corrected chi connectivity index (χ3v) is 4.09. The molecule has 1 aromatic rings. The zero-order chi connectivity index (χ0) is 13.5. The van der Waals surface area contributed by atoms with Gasteiger partial charge in [-0.2, -0.15) is 5.26 Å². The molecule has 0 aromatic heterocycles. The van der Waals surface area contributed by atoms with Crippen molar-refractivity contribution < 1.29 is 9.47 Å². The largest absolute Gasteiger partial charge is 0.383 e. The van der Waals surface area contributed by atoms with E-state index in [0.29, 0.717) is 11.9 Å².